The van der Waals surface area contributed by atoms with Crippen LogP contribution in [0.2, 0.25) is 0 Å². The summed E-state index contributed by atoms with van der Waals surface area (Å²) < 4.78 is 3.08. The normalized spacial score (nSPS) is 10.6. The van der Waals surface area contributed by atoms with E-state index in [1.807, 2.05) is 4.68 Å². The van der Waals surface area contributed by atoms with Gasteiger partial charge in [-0.1, -0.05) is 27.2 Å². The average molecular weight is 378 g/mol. The van der Waals surface area contributed by atoms with Crippen molar-refractivity contribution < 1.29 is 0 Å². The lowest BCUT2D eigenvalue weighted by Crippen LogP contribution is -2.01. The van der Waals surface area contributed by atoms with Gasteiger partial charge in [0, 0.05) is 8.90 Å². The Kier molecular flexibility index (Phi) is 3.40. The van der Waals surface area contributed by atoms with E-state index in [0.29, 0.717) is 0 Å². The molecule has 0 amide bonds. The average Bonchev–Trinajstić information content (AvgIpc) is 2.70. The molecule has 1 aromatic heterocycles. The predicted octanol–water partition coefficient (Wildman–Crippen LogP) is 3.08. The molecule has 15 heavy (non-hydrogen) atoms. The molecule has 1 aromatic carbocycles. The van der Waals surface area contributed by atoms with E-state index in [2.05, 4.69) is 74.0 Å². The number of alkyl halides is 1. The van der Waals surface area contributed by atoms with Gasteiger partial charge < -0.3 is 0 Å². The van der Waals surface area contributed by atoms with Gasteiger partial charge in [-0.25, -0.2) is 4.68 Å². The molecule has 0 N–H and O–H groups in total. The first-order chi connectivity index (χ1) is 7.22. The van der Waals surface area contributed by atoms with Crippen molar-refractivity contribution in [2.24, 2.45) is 0 Å². The fourth-order valence-corrected chi connectivity index (χ4v) is 2.16. The topological polar surface area (TPSA) is 30.7 Å². The Morgan fingerprint density at radius 2 is 2.27 bits per heavy atom. The van der Waals surface area contributed by atoms with Crippen molar-refractivity contribution in [3.05, 3.63) is 39.2 Å². The number of nitrogens with zero attached hydrogens (tertiary/aromatic N) is 3. The molecule has 0 atom stereocenters. The minimum absolute atomic E-state index is 0.754. The van der Waals surface area contributed by atoms with Gasteiger partial charge >= 0.3 is 0 Å². The lowest BCUT2D eigenvalue weighted by Gasteiger charge is -2.05. The smallest absolute Gasteiger partial charge is 0.0751 e. The first-order valence-electron chi connectivity index (χ1n) is 4.44. The first-order valence-corrected chi connectivity index (χ1v) is 6.64. The number of benzene rings is 1. The van der Waals surface area contributed by atoms with Crippen LogP contribution in [0.3, 0.4) is 0 Å². The van der Waals surface area contributed by atoms with Crippen molar-refractivity contribution in [1.82, 2.24) is 15.0 Å². The molecule has 5 heteroatoms. The van der Waals surface area contributed by atoms with Gasteiger partial charge in [0.05, 0.1) is 17.6 Å². The minimum atomic E-state index is 0.754. The van der Waals surface area contributed by atoms with Crippen LogP contribution in [0.4, 0.5) is 0 Å². The second kappa shape index (κ2) is 4.61. The zero-order chi connectivity index (χ0) is 10.8. The Morgan fingerprint density at radius 3 is 2.93 bits per heavy atom. The summed E-state index contributed by atoms with van der Waals surface area (Å²) in [6.07, 6.45) is 1.77. The second-order valence-corrected chi connectivity index (χ2v) is 4.93. The van der Waals surface area contributed by atoms with Gasteiger partial charge in [-0.2, -0.15) is 0 Å². The number of aromatic nitrogens is 3. The summed E-state index contributed by atoms with van der Waals surface area (Å²) in [5, 5.41) is 8.72. The molecule has 0 aliphatic heterocycles. The summed E-state index contributed by atoms with van der Waals surface area (Å²) >= 11 is 5.74. The SMILES string of the molecule is Cc1ccc(-n2nncc2CBr)cc1I. The molecule has 2 rings (SSSR count). The van der Waals surface area contributed by atoms with Crippen LogP contribution in [-0.4, -0.2) is 15.0 Å². The Bertz CT molecular complexity index is 481. The molecule has 0 aliphatic carbocycles. The van der Waals surface area contributed by atoms with E-state index in [4.69, 9.17) is 0 Å². The fraction of sp³-hybridized carbons (Fsp3) is 0.200. The highest BCUT2D eigenvalue weighted by atomic mass is 127. The van der Waals surface area contributed by atoms with Gasteiger partial charge in [-0.15, -0.1) is 5.10 Å². The van der Waals surface area contributed by atoms with E-state index in [0.717, 1.165) is 16.7 Å². The summed E-state index contributed by atoms with van der Waals surface area (Å²) in [6.45, 7) is 2.10. The molecule has 0 saturated heterocycles. The summed E-state index contributed by atoms with van der Waals surface area (Å²) in [5.74, 6) is 0. The van der Waals surface area contributed by atoms with Gasteiger partial charge in [0.15, 0.2) is 0 Å². The maximum absolute atomic E-state index is 4.06. The number of halogens is 2. The number of rotatable bonds is 2. The van der Waals surface area contributed by atoms with Crippen LogP contribution in [0.15, 0.2) is 24.4 Å². The molecule has 0 saturated carbocycles. The van der Waals surface area contributed by atoms with Crippen LogP contribution >= 0.6 is 38.5 Å². The van der Waals surface area contributed by atoms with Crippen molar-refractivity contribution in [3.63, 3.8) is 0 Å². The highest BCUT2D eigenvalue weighted by Crippen LogP contribution is 2.17. The summed E-state index contributed by atoms with van der Waals surface area (Å²) in [4.78, 5) is 0. The molecule has 2 aromatic rings. The van der Waals surface area contributed by atoms with Crippen LogP contribution in [0.1, 0.15) is 11.3 Å². The summed E-state index contributed by atoms with van der Waals surface area (Å²) in [6, 6.07) is 6.26. The van der Waals surface area contributed by atoms with Crippen molar-refractivity contribution >= 4 is 38.5 Å². The van der Waals surface area contributed by atoms with Crippen molar-refractivity contribution in [2.45, 2.75) is 12.3 Å². The highest BCUT2D eigenvalue weighted by molar-refractivity contribution is 14.1. The third kappa shape index (κ3) is 2.23. The van der Waals surface area contributed by atoms with Crippen molar-refractivity contribution in [1.29, 1.82) is 0 Å². The zero-order valence-electron chi connectivity index (χ0n) is 8.11. The molecule has 1 heterocycles. The summed E-state index contributed by atoms with van der Waals surface area (Å²) in [7, 11) is 0. The summed E-state index contributed by atoms with van der Waals surface area (Å²) in [5.41, 5.74) is 3.38. The van der Waals surface area contributed by atoms with Crippen LogP contribution in [-0.2, 0) is 5.33 Å². The van der Waals surface area contributed by atoms with Crippen LogP contribution in [0.5, 0.6) is 0 Å². The largest absolute Gasteiger partial charge is 0.217 e. The standard InChI is InChI=1S/C10H9BrIN3/c1-7-2-3-8(4-10(7)12)15-9(5-11)6-13-14-15/h2-4,6H,5H2,1H3. The molecule has 3 nitrogen and oxygen atoms in total. The lowest BCUT2D eigenvalue weighted by atomic mass is 10.2. The van der Waals surface area contributed by atoms with Gasteiger partial charge in [-0.05, 0) is 47.2 Å². The maximum Gasteiger partial charge on any atom is 0.0751 e. The third-order valence-electron chi connectivity index (χ3n) is 2.16. The third-order valence-corrected chi connectivity index (χ3v) is 3.89. The molecule has 0 bridgehead atoms. The van der Waals surface area contributed by atoms with E-state index < -0.39 is 0 Å². The first kappa shape index (κ1) is 11.1. The predicted molar refractivity (Wildman–Crippen MR) is 71.4 cm³/mol. The fourth-order valence-electron chi connectivity index (χ4n) is 1.28. The Hall–Kier alpha value is -0.430. The van der Waals surface area contributed by atoms with Gasteiger partial charge in [0.2, 0.25) is 0 Å². The van der Waals surface area contributed by atoms with E-state index in [9.17, 15) is 0 Å². The van der Waals surface area contributed by atoms with Crippen molar-refractivity contribution in [3.8, 4) is 5.69 Å². The molecule has 0 radical (unpaired) electrons. The van der Waals surface area contributed by atoms with Gasteiger partial charge in [0.25, 0.3) is 0 Å². The molecule has 0 fully saturated rings. The monoisotopic (exact) mass is 377 g/mol. The van der Waals surface area contributed by atoms with Gasteiger partial charge in [0.1, 0.15) is 0 Å². The zero-order valence-corrected chi connectivity index (χ0v) is 11.9. The number of aryl methyl sites for hydroxylation is 1. The van der Waals surface area contributed by atoms with Crippen LogP contribution in [0, 0.1) is 10.5 Å². The second-order valence-electron chi connectivity index (χ2n) is 3.20. The maximum atomic E-state index is 4.06. The van der Waals surface area contributed by atoms with E-state index >= 15 is 0 Å². The molecule has 0 spiro atoms. The van der Waals surface area contributed by atoms with Crippen LogP contribution in [0.25, 0.3) is 5.69 Å². The van der Waals surface area contributed by atoms with E-state index in [1.54, 1.807) is 6.20 Å². The van der Waals surface area contributed by atoms with Gasteiger partial charge in [-0.3, -0.25) is 0 Å². The lowest BCUT2D eigenvalue weighted by molar-refractivity contribution is 0.782. The molecule has 78 valence electrons. The highest BCUT2D eigenvalue weighted by Gasteiger charge is 2.05. The van der Waals surface area contributed by atoms with E-state index in [1.165, 1.54) is 9.13 Å². The van der Waals surface area contributed by atoms with Crippen LogP contribution < -0.4 is 0 Å². The Balaban J connectivity index is 2.50. The van der Waals surface area contributed by atoms with E-state index in [-0.39, 0.29) is 0 Å². The number of hydrogen-bond donors (Lipinski definition) is 0. The molecule has 0 aliphatic rings. The Labute approximate surface area is 110 Å². The molecule has 0 unspecified atom stereocenters. The minimum Gasteiger partial charge on any atom is -0.217 e. The Morgan fingerprint density at radius 1 is 1.47 bits per heavy atom. The quantitative estimate of drug-likeness (QED) is 0.594. The molecular weight excluding hydrogens is 369 g/mol. The van der Waals surface area contributed by atoms with Crippen molar-refractivity contribution in [2.75, 3.05) is 0 Å². The molecular formula is C10H9BrIN3. The number of hydrogen-bond acceptors (Lipinski definition) is 2.